The topological polar surface area (TPSA) is 153 Å². The van der Waals surface area contributed by atoms with Gasteiger partial charge in [-0.25, -0.2) is 9.59 Å². The maximum Gasteiger partial charge on any atom is 0.326 e. The molecule has 0 heterocycles. The van der Waals surface area contributed by atoms with Crippen LogP contribution in [-0.2, 0) is 14.4 Å². The Kier molecular flexibility index (Phi) is 7.66. The van der Waals surface area contributed by atoms with Gasteiger partial charge in [-0.1, -0.05) is 0 Å². The Morgan fingerprint density at radius 2 is 1.53 bits per heavy atom. The Balaban J connectivity index is 3.99. The number of carbonyl (C=O) groups is 4. The highest BCUT2D eigenvalue weighted by atomic mass is 16.4. The summed E-state index contributed by atoms with van der Waals surface area (Å²) in [6.45, 7) is 0.0867. The highest BCUT2D eigenvalue weighted by molar-refractivity contribution is 5.83. The van der Waals surface area contributed by atoms with Crippen molar-refractivity contribution in [3.8, 4) is 0 Å². The standard InChI is InChI=1S/C10H16N2O7/c13-7(14)2-1-5-11-10(19)12-6(9(17)18)3-4-8(15)16/h6H,1-5H2,(H,13,14)(H,15,16)(H,17,18)(H2,11,12,19)/t6-/m0/s1. The van der Waals surface area contributed by atoms with Gasteiger partial charge in [-0.05, 0) is 12.8 Å². The van der Waals surface area contributed by atoms with Crippen LogP contribution in [0.1, 0.15) is 25.7 Å². The molecule has 0 aromatic heterocycles. The number of carboxylic acid groups (broad SMARTS) is 3. The lowest BCUT2D eigenvalue weighted by atomic mass is 10.1. The van der Waals surface area contributed by atoms with Gasteiger partial charge >= 0.3 is 23.9 Å². The van der Waals surface area contributed by atoms with Gasteiger partial charge in [-0.15, -0.1) is 0 Å². The summed E-state index contributed by atoms with van der Waals surface area (Å²) < 4.78 is 0. The van der Waals surface area contributed by atoms with Crippen molar-refractivity contribution in [2.45, 2.75) is 31.7 Å². The van der Waals surface area contributed by atoms with E-state index in [2.05, 4.69) is 10.6 Å². The van der Waals surface area contributed by atoms with Gasteiger partial charge in [0.1, 0.15) is 6.04 Å². The van der Waals surface area contributed by atoms with E-state index in [1.807, 2.05) is 0 Å². The quantitative estimate of drug-likeness (QED) is 0.355. The number of carboxylic acids is 3. The molecule has 0 fully saturated rings. The SMILES string of the molecule is O=C(O)CCCNC(=O)N[C@@H](CCC(=O)O)C(=O)O. The Morgan fingerprint density at radius 1 is 0.947 bits per heavy atom. The minimum Gasteiger partial charge on any atom is -0.481 e. The van der Waals surface area contributed by atoms with Crippen LogP contribution in [0.25, 0.3) is 0 Å². The van der Waals surface area contributed by atoms with E-state index in [1.165, 1.54) is 0 Å². The number of aliphatic carboxylic acids is 3. The number of rotatable bonds is 9. The highest BCUT2D eigenvalue weighted by Crippen LogP contribution is 1.98. The lowest BCUT2D eigenvalue weighted by molar-refractivity contribution is -0.140. The van der Waals surface area contributed by atoms with Crippen LogP contribution in [0.4, 0.5) is 4.79 Å². The summed E-state index contributed by atoms with van der Waals surface area (Å²) in [7, 11) is 0. The molecule has 0 saturated carbocycles. The Hall–Kier alpha value is -2.32. The lowest BCUT2D eigenvalue weighted by Crippen LogP contribution is -2.46. The van der Waals surface area contributed by atoms with Gasteiger partial charge in [0.05, 0.1) is 0 Å². The van der Waals surface area contributed by atoms with E-state index in [-0.39, 0.29) is 32.2 Å². The third kappa shape index (κ3) is 9.39. The first-order valence-electron chi connectivity index (χ1n) is 5.53. The first kappa shape index (κ1) is 16.7. The number of carbonyl (C=O) groups excluding carboxylic acids is 1. The number of urea groups is 1. The van der Waals surface area contributed by atoms with Crippen LogP contribution in [0.3, 0.4) is 0 Å². The molecule has 108 valence electrons. The molecule has 19 heavy (non-hydrogen) atoms. The van der Waals surface area contributed by atoms with Gasteiger partial charge in [-0.3, -0.25) is 9.59 Å². The molecule has 0 saturated heterocycles. The summed E-state index contributed by atoms with van der Waals surface area (Å²) in [5, 5.41) is 29.9. The van der Waals surface area contributed by atoms with Gasteiger partial charge in [0.25, 0.3) is 0 Å². The minimum atomic E-state index is -1.33. The van der Waals surface area contributed by atoms with E-state index in [0.717, 1.165) is 0 Å². The summed E-state index contributed by atoms with van der Waals surface area (Å²) >= 11 is 0. The molecule has 5 N–H and O–H groups in total. The predicted molar refractivity (Wildman–Crippen MR) is 61.7 cm³/mol. The lowest BCUT2D eigenvalue weighted by Gasteiger charge is -2.14. The molecule has 0 aliphatic rings. The van der Waals surface area contributed by atoms with E-state index < -0.39 is 30.0 Å². The van der Waals surface area contributed by atoms with Crippen LogP contribution in [0.2, 0.25) is 0 Å². The fraction of sp³-hybridized carbons (Fsp3) is 0.600. The zero-order chi connectivity index (χ0) is 14.8. The average molecular weight is 276 g/mol. The third-order valence-corrected chi connectivity index (χ3v) is 2.10. The van der Waals surface area contributed by atoms with Crippen LogP contribution >= 0.6 is 0 Å². The van der Waals surface area contributed by atoms with Gasteiger partial charge < -0.3 is 26.0 Å². The summed E-state index contributed by atoms with van der Waals surface area (Å²) in [5.74, 6) is -3.48. The maximum atomic E-state index is 11.3. The fourth-order valence-corrected chi connectivity index (χ4v) is 1.18. The van der Waals surface area contributed by atoms with Crippen molar-refractivity contribution in [1.29, 1.82) is 0 Å². The summed E-state index contributed by atoms with van der Waals surface area (Å²) in [6, 6.07) is -2.07. The van der Waals surface area contributed by atoms with Gasteiger partial charge in [0.2, 0.25) is 0 Å². The molecule has 1 atom stereocenters. The van der Waals surface area contributed by atoms with Crippen molar-refractivity contribution >= 4 is 23.9 Å². The molecule has 0 bridgehead atoms. The van der Waals surface area contributed by atoms with Gasteiger partial charge in [-0.2, -0.15) is 0 Å². The van der Waals surface area contributed by atoms with Gasteiger partial charge in [0.15, 0.2) is 0 Å². The fourth-order valence-electron chi connectivity index (χ4n) is 1.18. The largest absolute Gasteiger partial charge is 0.481 e. The minimum absolute atomic E-state index is 0.0867. The molecule has 0 aliphatic carbocycles. The highest BCUT2D eigenvalue weighted by Gasteiger charge is 2.20. The van der Waals surface area contributed by atoms with Crippen molar-refractivity contribution in [2.24, 2.45) is 0 Å². The summed E-state index contributed by atoms with van der Waals surface area (Å²) in [4.78, 5) is 42.5. The van der Waals surface area contributed by atoms with E-state index in [1.54, 1.807) is 0 Å². The van der Waals surface area contributed by atoms with E-state index >= 15 is 0 Å². The van der Waals surface area contributed by atoms with E-state index in [0.29, 0.717) is 0 Å². The first-order valence-corrected chi connectivity index (χ1v) is 5.53. The van der Waals surface area contributed by atoms with E-state index in [4.69, 9.17) is 15.3 Å². The molecule has 0 spiro atoms. The molecular formula is C10H16N2O7. The normalized spacial score (nSPS) is 11.4. The van der Waals surface area contributed by atoms with Crippen molar-refractivity contribution < 1.29 is 34.5 Å². The zero-order valence-corrected chi connectivity index (χ0v) is 10.1. The van der Waals surface area contributed by atoms with Crippen molar-refractivity contribution in [3.05, 3.63) is 0 Å². The number of hydrogen-bond acceptors (Lipinski definition) is 4. The summed E-state index contributed by atoms with van der Waals surface area (Å²) in [5.41, 5.74) is 0. The van der Waals surface area contributed by atoms with Crippen LogP contribution in [0.15, 0.2) is 0 Å². The van der Waals surface area contributed by atoms with Crippen LogP contribution in [0, 0.1) is 0 Å². The Morgan fingerprint density at radius 3 is 2.00 bits per heavy atom. The molecule has 0 radical (unpaired) electrons. The molecule has 0 aromatic carbocycles. The molecule has 2 amide bonds. The smallest absolute Gasteiger partial charge is 0.326 e. The third-order valence-electron chi connectivity index (χ3n) is 2.10. The maximum absolute atomic E-state index is 11.3. The van der Waals surface area contributed by atoms with Crippen molar-refractivity contribution in [1.82, 2.24) is 10.6 Å². The average Bonchev–Trinajstić information content (AvgIpc) is 2.29. The molecule has 9 heteroatoms. The van der Waals surface area contributed by atoms with Crippen LogP contribution in [-0.4, -0.2) is 51.8 Å². The van der Waals surface area contributed by atoms with Crippen molar-refractivity contribution in [3.63, 3.8) is 0 Å². The van der Waals surface area contributed by atoms with Crippen LogP contribution in [0.5, 0.6) is 0 Å². The second-order valence-electron chi connectivity index (χ2n) is 3.72. The Labute approximate surface area is 108 Å². The molecule has 0 aliphatic heterocycles. The number of nitrogens with one attached hydrogen (secondary N) is 2. The second kappa shape index (κ2) is 8.72. The molecular weight excluding hydrogens is 260 g/mol. The van der Waals surface area contributed by atoms with E-state index in [9.17, 15) is 19.2 Å². The molecule has 0 aromatic rings. The molecule has 9 nitrogen and oxygen atoms in total. The van der Waals surface area contributed by atoms with Crippen molar-refractivity contribution in [2.75, 3.05) is 6.54 Å². The second-order valence-corrected chi connectivity index (χ2v) is 3.72. The Bertz CT molecular complexity index is 356. The number of hydrogen-bond donors (Lipinski definition) is 5. The zero-order valence-electron chi connectivity index (χ0n) is 10.1. The summed E-state index contributed by atoms with van der Waals surface area (Å²) in [6.07, 6.45) is -0.499. The monoisotopic (exact) mass is 276 g/mol. The number of amides is 2. The van der Waals surface area contributed by atoms with Gasteiger partial charge in [0, 0.05) is 19.4 Å². The predicted octanol–water partition coefficient (Wildman–Crippen LogP) is -0.532. The first-order chi connectivity index (χ1) is 8.82. The van der Waals surface area contributed by atoms with Crippen LogP contribution < -0.4 is 10.6 Å². The molecule has 0 rings (SSSR count). The molecule has 0 unspecified atom stereocenters.